The van der Waals surface area contributed by atoms with E-state index in [1.165, 1.54) is 5.56 Å². The van der Waals surface area contributed by atoms with Gasteiger partial charge in [0.25, 0.3) is 0 Å². The molecule has 112 valence electrons. The molecule has 0 fully saturated rings. The molecular formula is C17H23N3O. The molecule has 0 spiro atoms. The van der Waals surface area contributed by atoms with E-state index in [4.69, 9.17) is 4.74 Å². The van der Waals surface area contributed by atoms with Crippen LogP contribution in [-0.2, 0) is 6.54 Å². The van der Waals surface area contributed by atoms with Crippen molar-refractivity contribution >= 4 is 0 Å². The molecule has 1 N–H and O–H groups in total. The Morgan fingerprint density at radius 2 is 1.76 bits per heavy atom. The molecule has 4 nitrogen and oxygen atoms in total. The van der Waals surface area contributed by atoms with Crippen LogP contribution in [0.3, 0.4) is 0 Å². The molecule has 0 unspecified atom stereocenters. The van der Waals surface area contributed by atoms with E-state index in [1.54, 1.807) is 12.4 Å². The normalized spacial score (nSPS) is 11.5. The predicted octanol–water partition coefficient (Wildman–Crippen LogP) is 3.77. The highest BCUT2D eigenvalue weighted by Crippen LogP contribution is 2.23. The van der Waals surface area contributed by atoms with Gasteiger partial charge in [0.2, 0.25) is 0 Å². The summed E-state index contributed by atoms with van der Waals surface area (Å²) in [6.45, 7) is 11.2. The molecule has 2 aromatic rings. The number of nitrogens with one attached hydrogen (secondary N) is 1. The van der Waals surface area contributed by atoms with Gasteiger partial charge in [0.15, 0.2) is 0 Å². The van der Waals surface area contributed by atoms with E-state index in [0.29, 0.717) is 6.01 Å². The lowest BCUT2D eigenvalue weighted by atomic mass is 10.1. The van der Waals surface area contributed by atoms with Gasteiger partial charge in [-0.25, -0.2) is 9.97 Å². The van der Waals surface area contributed by atoms with Crippen LogP contribution in [0.2, 0.25) is 0 Å². The Kier molecular flexibility index (Phi) is 4.58. The van der Waals surface area contributed by atoms with Gasteiger partial charge >= 0.3 is 6.01 Å². The third-order valence-electron chi connectivity index (χ3n) is 3.04. The molecule has 1 heterocycles. The number of aromatic nitrogens is 2. The third kappa shape index (κ3) is 4.83. The van der Waals surface area contributed by atoms with Crippen LogP contribution in [0.4, 0.5) is 0 Å². The quantitative estimate of drug-likeness (QED) is 0.928. The van der Waals surface area contributed by atoms with Crippen LogP contribution in [0.5, 0.6) is 11.8 Å². The Hall–Kier alpha value is -1.94. The summed E-state index contributed by atoms with van der Waals surface area (Å²) in [5, 5.41) is 3.40. The van der Waals surface area contributed by atoms with Gasteiger partial charge in [-0.2, -0.15) is 0 Å². The predicted molar refractivity (Wildman–Crippen MR) is 84.6 cm³/mol. The standard InChI is InChI=1S/C17H23N3O/c1-12-6-7-15(13(2)8-12)21-16-18-9-14(10-19-16)11-20-17(3,4)5/h6-10,20H,11H2,1-5H3. The monoisotopic (exact) mass is 285 g/mol. The SMILES string of the molecule is Cc1ccc(Oc2ncc(CNC(C)(C)C)cn2)c(C)c1. The zero-order chi connectivity index (χ0) is 15.5. The van der Waals surface area contributed by atoms with Crippen LogP contribution in [-0.4, -0.2) is 15.5 Å². The zero-order valence-electron chi connectivity index (χ0n) is 13.4. The van der Waals surface area contributed by atoms with Gasteiger partial charge in [-0.05, 0) is 46.2 Å². The van der Waals surface area contributed by atoms with Gasteiger partial charge in [-0.3, -0.25) is 0 Å². The maximum Gasteiger partial charge on any atom is 0.321 e. The molecule has 0 aliphatic rings. The zero-order valence-corrected chi connectivity index (χ0v) is 13.4. The summed E-state index contributed by atoms with van der Waals surface area (Å²) < 4.78 is 5.72. The van der Waals surface area contributed by atoms with Crippen LogP contribution in [0.15, 0.2) is 30.6 Å². The molecule has 0 saturated heterocycles. The van der Waals surface area contributed by atoms with Crippen molar-refractivity contribution < 1.29 is 4.74 Å². The average Bonchev–Trinajstić information content (AvgIpc) is 2.40. The summed E-state index contributed by atoms with van der Waals surface area (Å²) in [7, 11) is 0. The first kappa shape index (κ1) is 15.4. The maximum atomic E-state index is 5.72. The van der Waals surface area contributed by atoms with Gasteiger partial charge in [0, 0.05) is 30.0 Å². The van der Waals surface area contributed by atoms with Crippen molar-refractivity contribution in [1.29, 1.82) is 0 Å². The fourth-order valence-corrected chi connectivity index (χ4v) is 1.87. The molecule has 1 aromatic carbocycles. The van der Waals surface area contributed by atoms with E-state index in [2.05, 4.69) is 49.0 Å². The van der Waals surface area contributed by atoms with Crippen molar-refractivity contribution in [1.82, 2.24) is 15.3 Å². The first-order valence-electron chi connectivity index (χ1n) is 7.14. The average molecular weight is 285 g/mol. The van der Waals surface area contributed by atoms with Gasteiger partial charge in [0.05, 0.1) is 0 Å². The van der Waals surface area contributed by atoms with Gasteiger partial charge in [0.1, 0.15) is 5.75 Å². The smallest absolute Gasteiger partial charge is 0.321 e. The number of rotatable bonds is 4. The molecule has 1 aromatic heterocycles. The molecule has 2 rings (SSSR count). The van der Waals surface area contributed by atoms with Crippen LogP contribution < -0.4 is 10.1 Å². The maximum absolute atomic E-state index is 5.72. The number of benzene rings is 1. The van der Waals surface area contributed by atoms with Crippen molar-refractivity contribution in [2.24, 2.45) is 0 Å². The van der Waals surface area contributed by atoms with E-state index >= 15 is 0 Å². The number of ether oxygens (including phenoxy) is 1. The first-order valence-corrected chi connectivity index (χ1v) is 7.14. The lowest BCUT2D eigenvalue weighted by Gasteiger charge is -2.20. The van der Waals surface area contributed by atoms with E-state index in [9.17, 15) is 0 Å². The Balaban J connectivity index is 2.02. The fraction of sp³-hybridized carbons (Fsp3) is 0.412. The summed E-state index contributed by atoms with van der Waals surface area (Å²) in [6, 6.07) is 6.42. The fourth-order valence-electron chi connectivity index (χ4n) is 1.87. The van der Waals surface area contributed by atoms with Crippen molar-refractivity contribution in [2.45, 2.75) is 46.7 Å². The summed E-state index contributed by atoms with van der Waals surface area (Å²) >= 11 is 0. The summed E-state index contributed by atoms with van der Waals surface area (Å²) in [5.41, 5.74) is 3.41. The Morgan fingerprint density at radius 3 is 2.33 bits per heavy atom. The van der Waals surface area contributed by atoms with Crippen LogP contribution in [0.25, 0.3) is 0 Å². The third-order valence-corrected chi connectivity index (χ3v) is 3.04. The summed E-state index contributed by atoms with van der Waals surface area (Å²) in [6.07, 6.45) is 3.59. The minimum absolute atomic E-state index is 0.0776. The number of nitrogens with zero attached hydrogens (tertiary/aromatic N) is 2. The second-order valence-corrected chi connectivity index (χ2v) is 6.35. The van der Waals surface area contributed by atoms with Crippen molar-refractivity contribution in [3.05, 3.63) is 47.3 Å². The van der Waals surface area contributed by atoms with Crippen LogP contribution in [0, 0.1) is 13.8 Å². The highest BCUT2D eigenvalue weighted by atomic mass is 16.5. The van der Waals surface area contributed by atoms with Crippen molar-refractivity contribution in [2.75, 3.05) is 0 Å². The van der Waals surface area contributed by atoms with E-state index < -0.39 is 0 Å². The molecule has 0 aliphatic heterocycles. The lowest BCUT2D eigenvalue weighted by Crippen LogP contribution is -2.35. The summed E-state index contributed by atoms with van der Waals surface area (Å²) in [5.74, 6) is 0.793. The Bertz CT molecular complexity index is 600. The molecule has 4 heteroatoms. The molecule has 0 bridgehead atoms. The van der Waals surface area contributed by atoms with Crippen molar-refractivity contribution in [3.8, 4) is 11.8 Å². The molecule has 21 heavy (non-hydrogen) atoms. The highest BCUT2D eigenvalue weighted by molar-refractivity contribution is 5.37. The van der Waals surface area contributed by atoms with E-state index in [1.807, 2.05) is 19.1 Å². The van der Waals surface area contributed by atoms with Gasteiger partial charge < -0.3 is 10.1 Å². The molecule has 0 aliphatic carbocycles. The minimum Gasteiger partial charge on any atom is -0.424 e. The lowest BCUT2D eigenvalue weighted by molar-refractivity contribution is 0.419. The molecule has 0 saturated carbocycles. The largest absolute Gasteiger partial charge is 0.424 e. The number of hydrogen-bond acceptors (Lipinski definition) is 4. The Labute approximate surface area is 126 Å². The second kappa shape index (κ2) is 6.22. The van der Waals surface area contributed by atoms with E-state index in [-0.39, 0.29) is 5.54 Å². The van der Waals surface area contributed by atoms with Crippen molar-refractivity contribution in [3.63, 3.8) is 0 Å². The molecular weight excluding hydrogens is 262 g/mol. The van der Waals surface area contributed by atoms with Gasteiger partial charge in [-0.1, -0.05) is 17.7 Å². The van der Waals surface area contributed by atoms with Crippen LogP contribution >= 0.6 is 0 Å². The Morgan fingerprint density at radius 1 is 1.10 bits per heavy atom. The molecule has 0 atom stereocenters. The summed E-state index contributed by atoms with van der Waals surface area (Å²) in [4.78, 5) is 8.53. The highest BCUT2D eigenvalue weighted by Gasteiger charge is 2.09. The topological polar surface area (TPSA) is 47.0 Å². The molecule has 0 radical (unpaired) electrons. The number of aryl methyl sites for hydroxylation is 2. The van der Waals surface area contributed by atoms with Crippen LogP contribution in [0.1, 0.15) is 37.5 Å². The van der Waals surface area contributed by atoms with Gasteiger partial charge in [-0.15, -0.1) is 0 Å². The second-order valence-electron chi connectivity index (χ2n) is 6.35. The van der Waals surface area contributed by atoms with E-state index in [0.717, 1.165) is 23.4 Å². The number of hydrogen-bond donors (Lipinski definition) is 1. The first-order chi connectivity index (χ1) is 9.83. The molecule has 0 amide bonds. The minimum atomic E-state index is 0.0776.